The Morgan fingerprint density at radius 2 is 1.85 bits per heavy atom. The lowest BCUT2D eigenvalue weighted by atomic mass is 9.97. The van der Waals surface area contributed by atoms with Gasteiger partial charge in [0.05, 0.1) is 24.1 Å². The molecule has 8 nitrogen and oxygen atoms in total. The van der Waals surface area contributed by atoms with Gasteiger partial charge in [0.15, 0.2) is 0 Å². The molecule has 1 N–H and O–H groups in total. The third-order valence-electron chi connectivity index (χ3n) is 5.45. The predicted octanol–water partition coefficient (Wildman–Crippen LogP) is 3.11. The van der Waals surface area contributed by atoms with Gasteiger partial charge in [0.1, 0.15) is 17.1 Å². The largest absolute Gasteiger partial charge is 0.465 e. The third-order valence-corrected chi connectivity index (χ3v) is 7.40. The quantitative estimate of drug-likeness (QED) is 0.627. The number of esters is 1. The van der Waals surface area contributed by atoms with Gasteiger partial charge in [-0.2, -0.15) is 17.5 Å². The Labute approximate surface area is 188 Å². The average Bonchev–Trinajstić information content (AvgIpc) is 3.17. The molecule has 0 aliphatic carbocycles. The zero-order valence-corrected chi connectivity index (χ0v) is 18.8. The van der Waals surface area contributed by atoms with E-state index in [1.807, 2.05) is 0 Å². The lowest BCUT2D eigenvalue weighted by Crippen LogP contribution is -2.43. The number of nitrogens with zero attached hydrogens (tertiary/aromatic N) is 1. The molecule has 0 spiro atoms. The first-order valence-electron chi connectivity index (χ1n) is 10.1. The number of halogens is 3. The highest BCUT2D eigenvalue weighted by atomic mass is 32.2. The summed E-state index contributed by atoms with van der Waals surface area (Å²) in [4.78, 5) is 23.3. The maximum atomic E-state index is 13.3. The van der Waals surface area contributed by atoms with Gasteiger partial charge in [-0.25, -0.2) is 13.2 Å². The van der Waals surface area contributed by atoms with Gasteiger partial charge < -0.3 is 14.5 Å². The molecule has 0 radical (unpaired) electrons. The smallest absolute Gasteiger partial charge is 0.417 e. The van der Waals surface area contributed by atoms with Gasteiger partial charge in [0.2, 0.25) is 15.9 Å². The summed E-state index contributed by atoms with van der Waals surface area (Å²) in [6, 6.07) is 5.51. The van der Waals surface area contributed by atoms with Crippen LogP contribution in [0.5, 0.6) is 0 Å². The van der Waals surface area contributed by atoms with Gasteiger partial charge in [-0.1, -0.05) is 12.1 Å². The van der Waals surface area contributed by atoms with Gasteiger partial charge in [-0.05, 0) is 38.0 Å². The number of furan rings is 1. The van der Waals surface area contributed by atoms with Crippen molar-refractivity contribution in [2.75, 3.05) is 20.2 Å². The van der Waals surface area contributed by atoms with E-state index in [0.717, 1.165) is 22.5 Å². The zero-order chi connectivity index (χ0) is 24.4. The molecule has 180 valence electrons. The van der Waals surface area contributed by atoms with Crippen molar-refractivity contribution in [2.24, 2.45) is 5.92 Å². The summed E-state index contributed by atoms with van der Waals surface area (Å²) < 4.78 is 76.5. The molecule has 0 saturated carbocycles. The highest BCUT2D eigenvalue weighted by Gasteiger charge is 2.40. The second kappa shape index (κ2) is 9.56. The lowest BCUT2D eigenvalue weighted by Gasteiger charge is -2.31. The minimum absolute atomic E-state index is 0.0220. The minimum Gasteiger partial charge on any atom is -0.465 e. The monoisotopic (exact) mass is 488 g/mol. The Balaban J connectivity index is 1.61. The van der Waals surface area contributed by atoms with Gasteiger partial charge in [0.25, 0.3) is 0 Å². The molecule has 1 aliphatic heterocycles. The van der Waals surface area contributed by atoms with Gasteiger partial charge in [-0.3, -0.25) is 4.79 Å². The van der Waals surface area contributed by atoms with E-state index in [4.69, 9.17) is 4.42 Å². The molecule has 2 aromatic rings. The van der Waals surface area contributed by atoms with Gasteiger partial charge in [-0.15, -0.1) is 0 Å². The molecule has 1 aromatic heterocycles. The second-order valence-electron chi connectivity index (χ2n) is 7.56. The first kappa shape index (κ1) is 24.8. The van der Waals surface area contributed by atoms with E-state index in [1.54, 1.807) is 6.92 Å². The molecule has 12 heteroatoms. The molecule has 0 atom stereocenters. The molecule has 3 rings (SSSR count). The molecule has 2 heterocycles. The molecule has 1 fully saturated rings. The van der Waals surface area contributed by atoms with Gasteiger partial charge >= 0.3 is 12.1 Å². The van der Waals surface area contributed by atoms with Crippen molar-refractivity contribution >= 4 is 21.9 Å². The van der Waals surface area contributed by atoms with Crippen molar-refractivity contribution < 1.29 is 40.3 Å². The molecule has 1 aromatic carbocycles. The number of sulfonamides is 1. The number of hydrogen-bond acceptors (Lipinski definition) is 6. The van der Waals surface area contributed by atoms with Crippen LogP contribution in [-0.4, -0.2) is 44.8 Å². The van der Waals surface area contributed by atoms with Crippen molar-refractivity contribution in [1.29, 1.82) is 0 Å². The number of ether oxygens (including phenoxy) is 1. The van der Waals surface area contributed by atoms with E-state index >= 15 is 0 Å². The van der Waals surface area contributed by atoms with Crippen LogP contribution in [0.2, 0.25) is 0 Å². The summed E-state index contributed by atoms with van der Waals surface area (Å²) in [5.41, 5.74) is -0.968. The molecular formula is C21H23F3N2O6S. The van der Waals surface area contributed by atoms with Crippen molar-refractivity contribution in [1.82, 2.24) is 9.62 Å². The number of nitrogens with one attached hydrogen (secondary N) is 1. The zero-order valence-electron chi connectivity index (χ0n) is 17.9. The molecule has 0 unspecified atom stereocenters. The SMILES string of the molecule is COC(=O)c1cc(CNC(=O)C2CCN(S(=O)(=O)c3ccccc3C(F)(F)F)CC2)oc1C. The fraction of sp³-hybridized carbons (Fsp3) is 0.429. The highest BCUT2D eigenvalue weighted by Crippen LogP contribution is 2.36. The number of alkyl halides is 3. The standard InChI is InChI=1S/C21H23F3N2O6S/c1-13-16(20(28)31-2)11-15(32-13)12-25-19(27)14-7-9-26(10-8-14)33(29,30)18-6-4-3-5-17(18)21(22,23)24/h3-6,11,14H,7-10,12H2,1-2H3,(H,25,27). The summed E-state index contributed by atoms with van der Waals surface area (Å²) in [5.74, 6) is -0.704. The summed E-state index contributed by atoms with van der Waals surface area (Å²) >= 11 is 0. The number of amides is 1. The first-order valence-corrected chi connectivity index (χ1v) is 11.5. The van der Waals surface area contributed by atoms with Crippen LogP contribution in [0.3, 0.4) is 0 Å². The fourth-order valence-electron chi connectivity index (χ4n) is 3.69. The van der Waals surface area contributed by atoms with Crippen molar-refractivity contribution in [2.45, 2.75) is 37.4 Å². The van der Waals surface area contributed by atoms with E-state index < -0.39 is 38.5 Å². The van der Waals surface area contributed by atoms with Crippen LogP contribution >= 0.6 is 0 Å². The molecule has 1 saturated heterocycles. The normalized spacial score (nSPS) is 15.9. The summed E-state index contributed by atoms with van der Waals surface area (Å²) in [6.07, 6.45) is -4.49. The average molecular weight is 488 g/mol. The summed E-state index contributed by atoms with van der Waals surface area (Å²) in [7, 11) is -3.13. The van der Waals surface area contributed by atoms with E-state index in [9.17, 15) is 31.2 Å². The Morgan fingerprint density at radius 3 is 2.45 bits per heavy atom. The first-order chi connectivity index (χ1) is 15.4. The number of piperidine rings is 1. The van der Waals surface area contributed by atoms with Crippen LogP contribution in [0.25, 0.3) is 0 Å². The fourth-order valence-corrected chi connectivity index (χ4v) is 5.37. The Bertz CT molecular complexity index is 1140. The number of carbonyl (C=O) groups is 2. The van der Waals surface area contributed by atoms with E-state index in [-0.39, 0.29) is 43.9 Å². The Kier molecular flexibility index (Phi) is 7.17. The topological polar surface area (TPSA) is 106 Å². The summed E-state index contributed by atoms with van der Waals surface area (Å²) in [6.45, 7) is 1.44. The maximum Gasteiger partial charge on any atom is 0.417 e. The minimum atomic E-state index is -4.81. The van der Waals surface area contributed by atoms with Crippen molar-refractivity contribution in [3.05, 3.63) is 53.0 Å². The number of hydrogen-bond donors (Lipinski definition) is 1. The van der Waals surface area contributed by atoms with Gasteiger partial charge in [0, 0.05) is 19.0 Å². The molecule has 0 bridgehead atoms. The Morgan fingerprint density at radius 1 is 1.21 bits per heavy atom. The predicted molar refractivity (Wildman–Crippen MR) is 110 cm³/mol. The number of aryl methyl sites for hydroxylation is 1. The van der Waals surface area contributed by atoms with Crippen LogP contribution in [0, 0.1) is 12.8 Å². The number of benzene rings is 1. The van der Waals surface area contributed by atoms with Crippen LogP contribution in [0.15, 0.2) is 39.6 Å². The number of carbonyl (C=O) groups excluding carboxylic acids is 2. The molecule has 1 aliphatic rings. The van der Waals surface area contributed by atoms with Crippen molar-refractivity contribution in [3.63, 3.8) is 0 Å². The highest BCUT2D eigenvalue weighted by molar-refractivity contribution is 7.89. The molecule has 1 amide bonds. The maximum absolute atomic E-state index is 13.3. The molecular weight excluding hydrogens is 465 g/mol. The van der Waals surface area contributed by atoms with Crippen LogP contribution in [-0.2, 0) is 32.3 Å². The lowest BCUT2D eigenvalue weighted by molar-refractivity contribution is -0.139. The van der Waals surface area contributed by atoms with Crippen LogP contribution in [0.1, 0.15) is 40.3 Å². The number of methoxy groups -OCH3 is 1. The van der Waals surface area contributed by atoms with Crippen molar-refractivity contribution in [3.8, 4) is 0 Å². The van der Waals surface area contributed by atoms with E-state index in [1.165, 1.54) is 19.2 Å². The third kappa shape index (κ3) is 5.38. The van der Waals surface area contributed by atoms with Crippen LogP contribution in [0.4, 0.5) is 13.2 Å². The second-order valence-corrected chi connectivity index (χ2v) is 9.47. The van der Waals surface area contributed by atoms with E-state index in [0.29, 0.717) is 11.5 Å². The summed E-state index contributed by atoms with van der Waals surface area (Å²) in [5, 5.41) is 2.68. The number of rotatable bonds is 6. The Hall–Kier alpha value is -2.86. The molecule has 33 heavy (non-hydrogen) atoms. The van der Waals surface area contributed by atoms with E-state index in [2.05, 4.69) is 10.1 Å². The van der Waals surface area contributed by atoms with Crippen LogP contribution < -0.4 is 5.32 Å².